The fraction of sp³-hybridized carbons (Fsp3) is 0.261. The summed E-state index contributed by atoms with van der Waals surface area (Å²) in [7, 11) is 1.58. The summed E-state index contributed by atoms with van der Waals surface area (Å²) in [4.78, 5) is 30.8. The summed E-state index contributed by atoms with van der Waals surface area (Å²) in [6, 6.07) is 8.09. The highest BCUT2D eigenvalue weighted by molar-refractivity contribution is 9.10. The zero-order valence-electron chi connectivity index (χ0n) is 18.0. The lowest BCUT2D eigenvalue weighted by Crippen LogP contribution is -2.29. The van der Waals surface area contributed by atoms with Gasteiger partial charge >= 0.3 is 0 Å². The van der Waals surface area contributed by atoms with Crippen LogP contribution in [0.25, 0.3) is 0 Å². The number of likely N-dealkylation sites (N-methyl/N-ethyl adjacent to an activating group) is 1. The Bertz CT molecular complexity index is 1220. The number of aliphatic hydroxyl groups is 1. The number of rotatable bonds is 8. The van der Waals surface area contributed by atoms with Crippen molar-refractivity contribution in [1.82, 2.24) is 14.5 Å². The van der Waals surface area contributed by atoms with E-state index in [1.807, 2.05) is 0 Å². The fourth-order valence-electron chi connectivity index (χ4n) is 3.09. The van der Waals surface area contributed by atoms with E-state index in [1.165, 1.54) is 21.7 Å². The minimum atomic E-state index is -0.730. The Hall–Kier alpha value is -3.11. The van der Waals surface area contributed by atoms with Crippen LogP contribution in [0.4, 0.5) is 8.78 Å². The third-order valence-electron chi connectivity index (χ3n) is 4.99. The first-order valence-corrected chi connectivity index (χ1v) is 10.8. The van der Waals surface area contributed by atoms with E-state index in [1.54, 1.807) is 32.2 Å². The van der Waals surface area contributed by atoms with Gasteiger partial charge in [0.1, 0.15) is 28.5 Å². The van der Waals surface area contributed by atoms with Gasteiger partial charge in [-0.1, -0.05) is 0 Å². The molecule has 1 N–H and O–H groups in total. The second-order valence-electron chi connectivity index (χ2n) is 7.37. The number of carbonyl (C=O) groups excluding carboxylic acids is 1. The number of aromatic nitrogens is 2. The molecule has 174 valence electrons. The molecule has 0 aliphatic heterocycles. The Labute approximate surface area is 197 Å². The highest BCUT2D eigenvalue weighted by atomic mass is 79.9. The summed E-state index contributed by atoms with van der Waals surface area (Å²) >= 11 is 3.24. The van der Waals surface area contributed by atoms with Crippen LogP contribution in [0.2, 0.25) is 0 Å². The number of hydrogen-bond donors (Lipinski definition) is 1. The van der Waals surface area contributed by atoms with Crippen LogP contribution in [0.5, 0.6) is 5.75 Å². The summed E-state index contributed by atoms with van der Waals surface area (Å²) in [5.41, 5.74) is 1.32. The van der Waals surface area contributed by atoms with E-state index in [-0.39, 0.29) is 53.6 Å². The van der Waals surface area contributed by atoms with Gasteiger partial charge in [0.05, 0.1) is 24.4 Å². The van der Waals surface area contributed by atoms with Crippen molar-refractivity contribution in [1.29, 1.82) is 0 Å². The maximum atomic E-state index is 13.8. The number of halogens is 3. The molecule has 33 heavy (non-hydrogen) atoms. The normalized spacial score (nSPS) is 10.8. The van der Waals surface area contributed by atoms with Gasteiger partial charge in [0.2, 0.25) is 0 Å². The van der Waals surface area contributed by atoms with Crippen LogP contribution >= 0.6 is 15.9 Å². The molecule has 0 spiro atoms. The Kier molecular flexibility index (Phi) is 7.93. The standard InChI is InChI=1S/C23H22BrF2N3O4/c1-14-9-20(33-13-16-3-5-17(25)10-19(16)26)21(24)23(32)29(14)12-18-6-4-15(11-27-18)22(31)28(2)7-8-30/h3-6,9-11,30H,7-8,12-13H2,1-2H3. The molecule has 0 fully saturated rings. The average Bonchev–Trinajstić information content (AvgIpc) is 2.79. The molecule has 0 saturated heterocycles. The van der Waals surface area contributed by atoms with E-state index in [2.05, 4.69) is 20.9 Å². The zero-order valence-corrected chi connectivity index (χ0v) is 19.6. The monoisotopic (exact) mass is 521 g/mol. The molecule has 1 aromatic carbocycles. The van der Waals surface area contributed by atoms with Crippen LogP contribution in [0.3, 0.4) is 0 Å². The largest absolute Gasteiger partial charge is 0.487 e. The molecule has 3 rings (SSSR count). The minimum absolute atomic E-state index is 0.136. The number of ether oxygens (including phenoxy) is 1. The van der Waals surface area contributed by atoms with Gasteiger partial charge in [0.25, 0.3) is 11.5 Å². The summed E-state index contributed by atoms with van der Waals surface area (Å²) in [6.07, 6.45) is 1.43. The number of aliphatic hydroxyl groups excluding tert-OH is 1. The predicted molar refractivity (Wildman–Crippen MR) is 121 cm³/mol. The number of benzene rings is 1. The van der Waals surface area contributed by atoms with Gasteiger partial charge in [-0.2, -0.15) is 0 Å². The van der Waals surface area contributed by atoms with Crippen LogP contribution in [0, 0.1) is 18.6 Å². The van der Waals surface area contributed by atoms with E-state index in [0.29, 0.717) is 17.0 Å². The predicted octanol–water partition coefficient (Wildman–Crippen LogP) is 3.28. The molecule has 0 atom stereocenters. The molecule has 3 aromatic rings. The second-order valence-corrected chi connectivity index (χ2v) is 8.16. The van der Waals surface area contributed by atoms with Crippen molar-refractivity contribution in [2.75, 3.05) is 20.2 Å². The first-order valence-electron chi connectivity index (χ1n) is 9.99. The highest BCUT2D eigenvalue weighted by Crippen LogP contribution is 2.24. The van der Waals surface area contributed by atoms with Crippen molar-refractivity contribution in [3.05, 3.63) is 91.6 Å². The number of aryl methyl sites for hydroxylation is 1. The van der Waals surface area contributed by atoms with Crippen molar-refractivity contribution >= 4 is 21.8 Å². The van der Waals surface area contributed by atoms with Crippen LogP contribution < -0.4 is 10.3 Å². The lowest BCUT2D eigenvalue weighted by molar-refractivity contribution is 0.0766. The lowest BCUT2D eigenvalue weighted by Gasteiger charge is -2.16. The molecule has 0 bridgehead atoms. The third kappa shape index (κ3) is 5.82. The molecule has 0 radical (unpaired) electrons. The molecule has 1 amide bonds. The molecule has 7 nitrogen and oxygen atoms in total. The minimum Gasteiger partial charge on any atom is -0.487 e. The topological polar surface area (TPSA) is 84.7 Å². The smallest absolute Gasteiger partial charge is 0.269 e. The summed E-state index contributed by atoms with van der Waals surface area (Å²) < 4.78 is 34.1. The summed E-state index contributed by atoms with van der Waals surface area (Å²) in [6.45, 7) is 1.79. The molecular formula is C23H22BrF2N3O4. The molecule has 0 saturated carbocycles. The molecule has 2 aromatic heterocycles. The maximum Gasteiger partial charge on any atom is 0.269 e. The van der Waals surface area contributed by atoms with E-state index in [9.17, 15) is 18.4 Å². The van der Waals surface area contributed by atoms with Crippen molar-refractivity contribution in [2.45, 2.75) is 20.1 Å². The number of nitrogens with zero attached hydrogens (tertiary/aromatic N) is 3. The molecule has 2 heterocycles. The summed E-state index contributed by atoms with van der Waals surface area (Å²) in [5.74, 6) is -1.44. The van der Waals surface area contributed by atoms with Crippen molar-refractivity contribution in [3.8, 4) is 5.75 Å². The Morgan fingerprint density at radius 3 is 2.64 bits per heavy atom. The van der Waals surface area contributed by atoms with Gasteiger partial charge in [0, 0.05) is 43.2 Å². The number of carbonyl (C=O) groups is 1. The van der Waals surface area contributed by atoms with Crippen molar-refractivity contribution < 1.29 is 23.4 Å². The second kappa shape index (κ2) is 10.7. The quantitative estimate of drug-likeness (QED) is 0.491. The van der Waals surface area contributed by atoms with Gasteiger partial charge in [-0.25, -0.2) is 8.78 Å². The zero-order chi connectivity index (χ0) is 24.1. The summed E-state index contributed by atoms with van der Waals surface area (Å²) in [5, 5.41) is 8.96. The molecule has 0 unspecified atom stereocenters. The Balaban J connectivity index is 1.76. The van der Waals surface area contributed by atoms with Gasteiger partial charge < -0.3 is 19.3 Å². The molecule has 0 aliphatic carbocycles. The average molecular weight is 522 g/mol. The first-order chi connectivity index (χ1) is 15.7. The van der Waals surface area contributed by atoms with Gasteiger partial charge in [-0.3, -0.25) is 14.6 Å². The van der Waals surface area contributed by atoms with Crippen LogP contribution in [-0.4, -0.2) is 45.7 Å². The first kappa shape index (κ1) is 24.5. The Morgan fingerprint density at radius 1 is 1.24 bits per heavy atom. The third-order valence-corrected chi connectivity index (χ3v) is 5.72. The number of amides is 1. The SMILES string of the molecule is Cc1cc(OCc2ccc(F)cc2F)c(Br)c(=O)n1Cc1ccc(C(=O)N(C)CCO)cn1. The number of pyridine rings is 2. The van der Waals surface area contributed by atoms with E-state index in [4.69, 9.17) is 9.84 Å². The van der Waals surface area contributed by atoms with Crippen molar-refractivity contribution in [3.63, 3.8) is 0 Å². The van der Waals surface area contributed by atoms with E-state index < -0.39 is 11.6 Å². The van der Waals surface area contributed by atoms with Gasteiger partial charge in [-0.05, 0) is 47.1 Å². The highest BCUT2D eigenvalue weighted by Gasteiger charge is 2.15. The van der Waals surface area contributed by atoms with Crippen LogP contribution in [0.15, 0.2) is 51.9 Å². The van der Waals surface area contributed by atoms with E-state index in [0.717, 1.165) is 12.1 Å². The van der Waals surface area contributed by atoms with Crippen LogP contribution in [0.1, 0.15) is 27.3 Å². The maximum absolute atomic E-state index is 13.8. The van der Waals surface area contributed by atoms with Gasteiger partial charge in [-0.15, -0.1) is 0 Å². The lowest BCUT2D eigenvalue weighted by atomic mass is 10.2. The van der Waals surface area contributed by atoms with Crippen molar-refractivity contribution in [2.24, 2.45) is 0 Å². The van der Waals surface area contributed by atoms with E-state index >= 15 is 0 Å². The van der Waals surface area contributed by atoms with Crippen LogP contribution in [-0.2, 0) is 13.2 Å². The molecular weight excluding hydrogens is 500 g/mol. The molecule has 0 aliphatic rings. The number of hydrogen-bond acceptors (Lipinski definition) is 5. The Morgan fingerprint density at radius 2 is 2.00 bits per heavy atom. The molecule has 10 heteroatoms. The fourth-order valence-corrected chi connectivity index (χ4v) is 3.53. The van der Waals surface area contributed by atoms with Gasteiger partial charge in [0.15, 0.2) is 0 Å².